The van der Waals surface area contributed by atoms with Crippen LogP contribution in [-0.4, -0.2) is 45.0 Å². The van der Waals surface area contributed by atoms with Gasteiger partial charge in [0.05, 0.1) is 12.6 Å². The van der Waals surface area contributed by atoms with E-state index in [2.05, 4.69) is 26.4 Å². The first-order valence-electron chi connectivity index (χ1n) is 8.49. The predicted molar refractivity (Wildman–Crippen MR) is 93.9 cm³/mol. The molecule has 10 heteroatoms. The standard InChI is InChI=1S/C16H30N6O4/c1-10(2)9-11(12(23)25-8)22-13(17-20-21-22)16(6,7)19-18-14(24)26-15(3,4)5/h10-11,19H,9H2,1-8H3,(H,18,24). The van der Waals surface area contributed by atoms with Crippen LogP contribution in [-0.2, 0) is 19.8 Å². The summed E-state index contributed by atoms with van der Waals surface area (Å²) in [7, 11) is 1.33. The van der Waals surface area contributed by atoms with Crippen molar-refractivity contribution >= 4 is 12.1 Å². The van der Waals surface area contributed by atoms with Crippen LogP contribution in [0.25, 0.3) is 0 Å². The van der Waals surface area contributed by atoms with Crippen molar-refractivity contribution < 1.29 is 19.1 Å². The van der Waals surface area contributed by atoms with Gasteiger partial charge in [-0.2, -0.15) is 0 Å². The van der Waals surface area contributed by atoms with E-state index in [1.807, 2.05) is 13.8 Å². The number of nitrogens with zero attached hydrogens (tertiary/aromatic N) is 4. The first kappa shape index (κ1) is 21.8. The molecule has 0 aliphatic heterocycles. The number of hydrazine groups is 1. The SMILES string of the molecule is COC(=O)C(CC(C)C)n1nnnc1C(C)(C)NNC(=O)OC(C)(C)C. The van der Waals surface area contributed by atoms with E-state index in [0.717, 1.165) is 0 Å². The Morgan fingerprint density at radius 3 is 2.31 bits per heavy atom. The van der Waals surface area contributed by atoms with Crippen molar-refractivity contribution in [2.75, 3.05) is 7.11 Å². The largest absolute Gasteiger partial charge is 0.467 e. The molecule has 2 N–H and O–H groups in total. The van der Waals surface area contributed by atoms with Crippen LogP contribution in [0.3, 0.4) is 0 Å². The molecule has 0 aliphatic rings. The van der Waals surface area contributed by atoms with Gasteiger partial charge >= 0.3 is 12.1 Å². The number of carbonyl (C=O) groups is 2. The molecule has 26 heavy (non-hydrogen) atoms. The van der Waals surface area contributed by atoms with Gasteiger partial charge < -0.3 is 9.47 Å². The van der Waals surface area contributed by atoms with Gasteiger partial charge in [-0.25, -0.2) is 19.7 Å². The third-order valence-corrected chi connectivity index (χ3v) is 3.39. The van der Waals surface area contributed by atoms with E-state index in [9.17, 15) is 9.59 Å². The molecule has 0 saturated carbocycles. The molecule has 0 fully saturated rings. The van der Waals surface area contributed by atoms with Crippen LogP contribution in [0.5, 0.6) is 0 Å². The monoisotopic (exact) mass is 370 g/mol. The third kappa shape index (κ3) is 6.25. The maximum Gasteiger partial charge on any atom is 0.422 e. The van der Waals surface area contributed by atoms with Gasteiger partial charge in [0.2, 0.25) is 0 Å². The number of tetrazole rings is 1. The second-order valence-electron chi connectivity index (χ2n) is 7.99. The molecule has 1 amide bonds. The number of esters is 1. The molecule has 1 aromatic rings. The van der Waals surface area contributed by atoms with Crippen LogP contribution < -0.4 is 10.9 Å². The molecule has 1 atom stereocenters. The van der Waals surface area contributed by atoms with Crippen molar-refractivity contribution in [1.29, 1.82) is 0 Å². The Hall–Kier alpha value is -2.23. The lowest BCUT2D eigenvalue weighted by atomic mass is 10.0. The van der Waals surface area contributed by atoms with E-state index < -0.39 is 29.2 Å². The van der Waals surface area contributed by atoms with Crippen LogP contribution in [0.1, 0.15) is 66.8 Å². The number of rotatable bonds is 7. The van der Waals surface area contributed by atoms with Crippen LogP contribution in [0.2, 0.25) is 0 Å². The number of ether oxygens (including phenoxy) is 2. The minimum absolute atomic E-state index is 0.229. The summed E-state index contributed by atoms with van der Waals surface area (Å²) < 4.78 is 11.5. The van der Waals surface area contributed by atoms with E-state index in [1.165, 1.54) is 11.8 Å². The quantitative estimate of drug-likeness (QED) is 0.549. The summed E-state index contributed by atoms with van der Waals surface area (Å²) in [6.45, 7) is 12.8. The second-order valence-corrected chi connectivity index (χ2v) is 7.99. The molecule has 0 aromatic carbocycles. The molecule has 0 aliphatic carbocycles. The average Bonchev–Trinajstić information content (AvgIpc) is 2.98. The van der Waals surface area contributed by atoms with Crippen molar-refractivity contribution in [3.05, 3.63) is 5.82 Å². The first-order chi connectivity index (χ1) is 11.9. The van der Waals surface area contributed by atoms with Crippen LogP contribution >= 0.6 is 0 Å². The molecule has 1 rings (SSSR count). The molecule has 0 radical (unpaired) electrons. The summed E-state index contributed by atoms with van der Waals surface area (Å²) in [6, 6.07) is -0.660. The van der Waals surface area contributed by atoms with Crippen LogP contribution in [0.15, 0.2) is 0 Å². The average molecular weight is 370 g/mol. The number of hydrogen-bond donors (Lipinski definition) is 2. The van der Waals surface area contributed by atoms with Gasteiger partial charge in [0.15, 0.2) is 11.9 Å². The molecule has 0 saturated heterocycles. The van der Waals surface area contributed by atoms with Crippen molar-refractivity contribution in [3.8, 4) is 0 Å². The minimum atomic E-state index is -0.871. The lowest BCUT2D eigenvalue weighted by molar-refractivity contribution is -0.145. The highest BCUT2D eigenvalue weighted by Gasteiger charge is 2.34. The van der Waals surface area contributed by atoms with Gasteiger partial charge in [0.25, 0.3) is 0 Å². The number of methoxy groups -OCH3 is 1. The maximum absolute atomic E-state index is 12.2. The third-order valence-electron chi connectivity index (χ3n) is 3.39. The molecule has 10 nitrogen and oxygen atoms in total. The molecule has 1 heterocycles. The molecule has 0 spiro atoms. The number of carbonyl (C=O) groups excluding carboxylic acids is 2. The molecule has 148 valence electrons. The van der Waals surface area contributed by atoms with Crippen LogP contribution in [0, 0.1) is 5.92 Å². The highest BCUT2D eigenvalue weighted by atomic mass is 16.6. The van der Waals surface area contributed by atoms with E-state index >= 15 is 0 Å². The van der Waals surface area contributed by atoms with E-state index in [4.69, 9.17) is 9.47 Å². The number of nitrogens with one attached hydrogen (secondary N) is 2. The van der Waals surface area contributed by atoms with E-state index in [0.29, 0.717) is 12.2 Å². The fraction of sp³-hybridized carbons (Fsp3) is 0.812. The molecule has 1 aromatic heterocycles. The fourth-order valence-corrected chi connectivity index (χ4v) is 2.26. The van der Waals surface area contributed by atoms with Gasteiger partial charge in [-0.1, -0.05) is 13.8 Å². The Morgan fingerprint density at radius 2 is 1.81 bits per heavy atom. The maximum atomic E-state index is 12.2. The second kappa shape index (κ2) is 8.43. The summed E-state index contributed by atoms with van der Waals surface area (Å²) in [5, 5.41) is 11.7. The zero-order valence-electron chi connectivity index (χ0n) is 16.8. The summed E-state index contributed by atoms with van der Waals surface area (Å²) in [6.07, 6.45) is -0.114. The zero-order valence-corrected chi connectivity index (χ0v) is 16.8. The smallest absolute Gasteiger partial charge is 0.422 e. The fourth-order valence-electron chi connectivity index (χ4n) is 2.26. The van der Waals surface area contributed by atoms with Crippen molar-refractivity contribution in [2.24, 2.45) is 5.92 Å². The van der Waals surface area contributed by atoms with Gasteiger partial charge in [0.1, 0.15) is 5.60 Å². The Kier molecular flexibility index (Phi) is 7.08. The van der Waals surface area contributed by atoms with Crippen molar-refractivity contribution in [1.82, 2.24) is 31.1 Å². The zero-order chi connectivity index (χ0) is 20.1. The molecular formula is C16H30N6O4. The highest BCUT2D eigenvalue weighted by molar-refractivity contribution is 5.74. The number of aromatic nitrogens is 4. The number of amides is 1. The Balaban J connectivity index is 2.99. The summed E-state index contributed by atoms with van der Waals surface area (Å²) >= 11 is 0. The lowest BCUT2D eigenvalue weighted by Gasteiger charge is -2.28. The Labute approximate surface area is 154 Å². The molecular weight excluding hydrogens is 340 g/mol. The Morgan fingerprint density at radius 1 is 1.19 bits per heavy atom. The topological polar surface area (TPSA) is 120 Å². The summed E-state index contributed by atoms with van der Waals surface area (Å²) in [4.78, 5) is 24.1. The first-order valence-corrected chi connectivity index (χ1v) is 8.49. The van der Waals surface area contributed by atoms with Gasteiger partial charge in [-0.15, -0.1) is 5.10 Å². The van der Waals surface area contributed by atoms with Gasteiger partial charge in [0, 0.05) is 0 Å². The summed E-state index contributed by atoms with van der Waals surface area (Å²) in [5.74, 6) is 0.180. The predicted octanol–water partition coefficient (Wildman–Crippen LogP) is 1.70. The molecule has 1 unspecified atom stereocenters. The van der Waals surface area contributed by atoms with Crippen molar-refractivity contribution in [2.45, 2.75) is 72.1 Å². The van der Waals surface area contributed by atoms with Crippen LogP contribution in [0.4, 0.5) is 4.79 Å². The van der Waals surface area contributed by atoms with E-state index in [-0.39, 0.29) is 5.92 Å². The number of hydrogen-bond acceptors (Lipinski definition) is 8. The van der Waals surface area contributed by atoms with Crippen molar-refractivity contribution in [3.63, 3.8) is 0 Å². The Bertz CT molecular complexity index is 621. The normalized spacial score (nSPS) is 13.4. The van der Waals surface area contributed by atoms with Gasteiger partial charge in [-0.3, -0.25) is 5.43 Å². The minimum Gasteiger partial charge on any atom is -0.467 e. The summed E-state index contributed by atoms with van der Waals surface area (Å²) in [5.41, 5.74) is 3.84. The lowest BCUT2D eigenvalue weighted by Crippen LogP contribution is -2.51. The van der Waals surface area contributed by atoms with E-state index in [1.54, 1.807) is 34.6 Å². The van der Waals surface area contributed by atoms with Gasteiger partial charge in [-0.05, 0) is 57.4 Å². The molecule has 0 bridgehead atoms. The highest BCUT2D eigenvalue weighted by Crippen LogP contribution is 2.24.